The molecule has 0 aromatic heterocycles. The molecule has 1 fully saturated rings. The summed E-state index contributed by atoms with van der Waals surface area (Å²) >= 11 is 0. The van der Waals surface area contributed by atoms with Gasteiger partial charge < -0.3 is 5.32 Å². The lowest BCUT2D eigenvalue weighted by Crippen LogP contribution is -2.45. The summed E-state index contributed by atoms with van der Waals surface area (Å²) in [4.78, 5) is 11.4. The van der Waals surface area contributed by atoms with Crippen LogP contribution in [0.1, 0.15) is 41.9 Å². The average molecular weight is 215 g/mol. The minimum absolute atomic E-state index is 0.233. The molecular weight excluding hydrogens is 198 g/mol. The molecule has 2 heteroatoms. The van der Waals surface area contributed by atoms with Gasteiger partial charge in [-0.05, 0) is 37.3 Å². The highest BCUT2D eigenvalue weighted by atomic mass is 16.1. The van der Waals surface area contributed by atoms with Gasteiger partial charge in [-0.3, -0.25) is 4.79 Å². The summed E-state index contributed by atoms with van der Waals surface area (Å²) < 4.78 is 0. The van der Waals surface area contributed by atoms with E-state index in [-0.39, 0.29) is 5.91 Å². The van der Waals surface area contributed by atoms with E-state index in [9.17, 15) is 4.79 Å². The van der Waals surface area contributed by atoms with Crippen LogP contribution in [0.25, 0.3) is 0 Å². The van der Waals surface area contributed by atoms with E-state index in [0.29, 0.717) is 18.4 Å². The molecule has 1 aliphatic heterocycles. The number of carbonyl (C=O) groups excluding carboxylic acids is 1. The van der Waals surface area contributed by atoms with Gasteiger partial charge in [-0.25, -0.2) is 0 Å². The van der Waals surface area contributed by atoms with Gasteiger partial charge >= 0.3 is 0 Å². The topological polar surface area (TPSA) is 29.1 Å². The molecule has 16 heavy (non-hydrogen) atoms. The Morgan fingerprint density at radius 3 is 3.00 bits per heavy atom. The Bertz CT molecular complexity index is 438. The minimum atomic E-state index is 0.233. The quantitative estimate of drug-likeness (QED) is 0.707. The smallest absolute Gasteiger partial charge is 0.220 e. The molecule has 1 aliphatic carbocycles. The van der Waals surface area contributed by atoms with Crippen molar-refractivity contribution >= 4 is 5.91 Å². The molecule has 1 aromatic rings. The maximum Gasteiger partial charge on any atom is 0.220 e. The first-order chi connectivity index (χ1) is 7.74. The van der Waals surface area contributed by atoms with Crippen molar-refractivity contribution in [1.82, 2.24) is 5.32 Å². The van der Waals surface area contributed by atoms with Crippen molar-refractivity contribution in [2.75, 3.05) is 0 Å². The highest BCUT2D eigenvalue weighted by molar-refractivity contribution is 5.77. The SMILES string of the molecule is Cc1ccc2c(c1)CC[C@@H]1NC(=O)CC[C@@H]21. The van der Waals surface area contributed by atoms with Crippen LogP contribution in [0.5, 0.6) is 0 Å². The minimum Gasteiger partial charge on any atom is -0.353 e. The summed E-state index contributed by atoms with van der Waals surface area (Å²) in [5, 5.41) is 3.13. The normalized spacial score (nSPS) is 27.9. The number of rotatable bonds is 0. The van der Waals surface area contributed by atoms with Gasteiger partial charge in [0.25, 0.3) is 0 Å². The Balaban J connectivity index is 1.97. The second-order valence-corrected chi connectivity index (χ2v) is 5.06. The van der Waals surface area contributed by atoms with Crippen LogP contribution < -0.4 is 5.32 Å². The van der Waals surface area contributed by atoms with E-state index in [1.807, 2.05) is 0 Å². The molecule has 0 radical (unpaired) electrons. The molecule has 1 heterocycles. The summed E-state index contributed by atoms with van der Waals surface area (Å²) in [6, 6.07) is 7.15. The van der Waals surface area contributed by atoms with Crippen molar-refractivity contribution in [1.29, 1.82) is 0 Å². The number of benzene rings is 1. The predicted molar refractivity (Wildman–Crippen MR) is 63.4 cm³/mol. The number of fused-ring (bicyclic) bond motifs is 3. The summed E-state index contributed by atoms with van der Waals surface area (Å²) in [5.74, 6) is 0.791. The van der Waals surface area contributed by atoms with Gasteiger partial charge in [0, 0.05) is 18.4 Å². The summed E-state index contributed by atoms with van der Waals surface area (Å²) in [5.41, 5.74) is 4.32. The lowest BCUT2D eigenvalue weighted by molar-refractivity contribution is -0.123. The fourth-order valence-electron chi connectivity index (χ4n) is 3.14. The van der Waals surface area contributed by atoms with Crippen LogP contribution in [-0.2, 0) is 11.2 Å². The van der Waals surface area contributed by atoms with Crippen molar-refractivity contribution in [2.24, 2.45) is 0 Å². The molecule has 0 bridgehead atoms. The van der Waals surface area contributed by atoms with Crippen molar-refractivity contribution in [3.05, 3.63) is 34.9 Å². The largest absolute Gasteiger partial charge is 0.353 e. The Hall–Kier alpha value is -1.31. The summed E-state index contributed by atoms with van der Waals surface area (Å²) in [6.45, 7) is 2.15. The van der Waals surface area contributed by atoms with Crippen molar-refractivity contribution in [2.45, 2.75) is 44.6 Å². The number of aryl methyl sites for hydroxylation is 2. The van der Waals surface area contributed by atoms with Crippen LogP contribution in [0.3, 0.4) is 0 Å². The lowest BCUT2D eigenvalue weighted by Gasteiger charge is -2.37. The predicted octanol–water partition coefficient (Wildman–Crippen LogP) is 2.30. The van der Waals surface area contributed by atoms with Crippen LogP contribution in [0.15, 0.2) is 18.2 Å². The van der Waals surface area contributed by atoms with Crippen molar-refractivity contribution in [3.8, 4) is 0 Å². The molecule has 1 N–H and O–H groups in total. The van der Waals surface area contributed by atoms with E-state index in [0.717, 1.165) is 19.3 Å². The number of carbonyl (C=O) groups is 1. The van der Waals surface area contributed by atoms with Crippen molar-refractivity contribution < 1.29 is 4.79 Å². The first-order valence-corrected chi connectivity index (χ1v) is 6.13. The second-order valence-electron chi connectivity index (χ2n) is 5.06. The summed E-state index contributed by atoms with van der Waals surface area (Å²) in [7, 11) is 0. The summed E-state index contributed by atoms with van der Waals surface area (Å²) in [6.07, 6.45) is 3.92. The molecule has 3 rings (SSSR count). The second kappa shape index (κ2) is 3.62. The van der Waals surface area contributed by atoms with E-state index in [4.69, 9.17) is 0 Å². The molecule has 1 saturated heterocycles. The molecule has 1 amide bonds. The van der Waals surface area contributed by atoms with Gasteiger partial charge in [-0.2, -0.15) is 0 Å². The van der Waals surface area contributed by atoms with Gasteiger partial charge in [-0.1, -0.05) is 23.8 Å². The monoisotopic (exact) mass is 215 g/mol. The van der Waals surface area contributed by atoms with Crippen LogP contribution >= 0.6 is 0 Å². The average Bonchev–Trinajstić information content (AvgIpc) is 2.28. The van der Waals surface area contributed by atoms with Crippen LogP contribution in [0.2, 0.25) is 0 Å². The van der Waals surface area contributed by atoms with E-state index < -0.39 is 0 Å². The first kappa shape index (κ1) is 9.88. The molecule has 84 valence electrons. The number of hydrogen-bond donors (Lipinski definition) is 1. The number of amides is 1. The lowest BCUT2D eigenvalue weighted by atomic mass is 9.75. The molecule has 2 nitrogen and oxygen atoms in total. The third kappa shape index (κ3) is 1.53. The fraction of sp³-hybridized carbons (Fsp3) is 0.500. The van der Waals surface area contributed by atoms with Crippen molar-refractivity contribution in [3.63, 3.8) is 0 Å². The Morgan fingerprint density at radius 2 is 2.12 bits per heavy atom. The number of piperidine rings is 1. The molecule has 0 unspecified atom stereocenters. The van der Waals surface area contributed by atoms with E-state index in [1.54, 1.807) is 0 Å². The standard InChI is InChI=1S/C14H17NO/c1-9-2-4-11-10(8-9)3-6-13-12(11)5-7-14(16)15-13/h2,4,8,12-13H,3,5-7H2,1H3,(H,15,16)/t12-,13-/m0/s1. The molecular formula is C14H17NO. The van der Waals surface area contributed by atoms with Gasteiger partial charge in [0.1, 0.15) is 0 Å². The molecule has 1 aromatic carbocycles. The van der Waals surface area contributed by atoms with E-state index in [1.165, 1.54) is 16.7 Å². The fourth-order valence-corrected chi connectivity index (χ4v) is 3.14. The van der Waals surface area contributed by atoms with Gasteiger partial charge in [0.15, 0.2) is 0 Å². The van der Waals surface area contributed by atoms with E-state index in [2.05, 4.69) is 30.4 Å². The molecule has 2 atom stereocenters. The van der Waals surface area contributed by atoms with Crippen LogP contribution in [0.4, 0.5) is 0 Å². The Morgan fingerprint density at radius 1 is 1.25 bits per heavy atom. The maximum absolute atomic E-state index is 11.4. The van der Waals surface area contributed by atoms with Gasteiger partial charge in [0.05, 0.1) is 0 Å². The third-order valence-corrected chi connectivity index (χ3v) is 3.94. The van der Waals surface area contributed by atoms with Gasteiger partial charge in [-0.15, -0.1) is 0 Å². The molecule has 0 spiro atoms. The molecule has 2 aliphatic rings. The maximum atomic E-state index is 11.4. The highest BCUT2D eigenvalue weighted by Crippen LogP contribution is 2.37. The number of hydrogen-bond acceptors (Lipinski definition) is 1. The van der Waals surface area contributed by atoms with E-state index >= 15 is 0 Å². The number of nitrogens with one attached hydrogen (secondary N) is 1. The Labute approximate surface area is 96.1 Å². The molecule has 0 saturated carbocycles. The highest BCUT2D eigenvalue weighted by Gasteiger charge is 2.33. The van der Waals surface area contributed by atoms with Gasteiger partial charge in [0.2, 0.25) is 5.91 Å². The third-order valence-electron chi connectivity index (χ3n) is 3.94. The van der Waals surface area contributed by atoms with Crippen LogP contribution in [-0.4, -0.2) is 11.9 Å². The Kier molecular flexibility index (Phi) is 2.23. The van der Waals surface area contributed by atoms with Crippen LogP contribution in [0, 0.1) is 6.92 Å². The zero-order chi connectivity index (χ0) is 11.1. The first-order valence-electron chi connectivity index (χ1n) is 6.13. The zero-order valence-corrected chi connectivity index (χ0v) is 9.62. The zero-order valence-electron chi connectivity index (χ0n) is 9.62.